The molecule has 0 aliphatic rings. The maximum atomic E-state index is 10.8. The summed E-state index contributed by atoms with van der Waals surface area (Å²) >= 11 is 0. The second-order valence-electron chi connectivity index (χ2n) is 4.94. The highest BCUT2D eigenvalue weighted by atomic mass is 16.4. The van der Waals surface area contributed by atoms with Gasteiger partial charge in [0.25, 0.3) is 0 Å². The highest BCUT2D eigenvalue weighted by Gasteiger charge is 2.10. The van der Waals surface area contributed by atoms with E-state index in [1.807, 2.05) is 38.2 Å². The molecule has 1 N–H and O–H groups in total. The molecule has 2 rings (SSSR count). The van der Waals surface area contributed by atoms with Gasteiger partial charge in [-0.25, -0.2) is 14.8 Å². The molecule has 6 nitrogen and oxygen atoms in total. The van der Waals surface area contributed by atoms with Crippen molar-refractivity contribution in [3.8, 4) is 0 Å². The van der Waals surface area contributed by atoms with Crippen LogP contribution in [0.15, 0.2) is 36.7 Å². The fourth-order valence-corrected chi connectivity index (χ4v) is 2.05. The van der Waals surface area contributed by atoms with Gasteiger partial charge in [0.2, 0.25) is 0 Å². The third-order valence-corrected chi connectivity index (χ3v) is 3.13. The van der Waals surface area contributed by atoms with E-state index < -0.39 is 5.97 Å². The van der Waals surface area contributed by atoms with Crippen LogP contribution in [-0.4, -0.2) is 42.2 Å². The molecule has 0 radical (unpaired) electrons. The first-order chi connectivity index (χ1) is 9.99. The lowest BCUT2D eigenvalue weighted by atomic mass is 10.1. The molecule has 0 bridgehead atoms. The van der Waals surface area contributed by atoms with Crippen LogP contribution in [0.2, 0.25) is 0 Å². The molecule has 0 fully saturated rings. The summed E-state index contributed by atoms with van der Waals surface area (Å²) in [5.41, 5.74) is 2.24. The molecule has 0 aliphatic heterocycles. The summed E-state index contributed by atoms with van der Waals surface area (Å²) < 4.78 is 0. The van der Waals surface area contributed by atoms with Crippen LogP contribution in [0, 0.1) is 0 Å². The molecule has 2 aromatic rings. The zero-order valence-corrected chi connectivity index (χ0v) is 12.3. The van der Waals surface area contributed by atoms with Gasteiger partial charge in [-0.2, -0.15) is 0 Å². The number of carboxylic acids is 1. The van der Waals surface area contributed by atoms with E-state index in [0.717, 1.165) is 11.3 Å². The minimum atomic E-state index is -1.07. The van der Waals surface area contributed by atoms with Gasteiger partial charge in [0, 0.05) is 33.4 Å². The number of nitrogens with zero attached hydrogens (tertiary/aromatic N) is 4. The summed E-state index contributed by atoms with van der Waals surface area (Å²) in [4.78, 5) is 22.8. The Labute approximate surface area is 123 Å². The lowest BCUT2D eigenvalue weighted by Crippen LogP contribution is -2.21. The molecule has 0 amide bonds. The van der Waals surface area contributed by atoms with E-state index in [9.17, 15) is 4.79 Å². The van der Waals surface area contributed by atoms with Gasteiger partial charge in [-0.15, -0.1) is 0 Å². The van der Waals surface area contributed by atoms with Crippen molar-refractivity contribution < 1.29 is 9.90 Å². The number of anilines is 2. The Kier molecular flexibility index (Phi) is 4.37. The summed E-state index contributed by atoms with van der Waals surface area (Å²) in [6.07, 6.45) is 2.74. The van der Waals surface area contributed by atoms with E-state index in [0.29, 0.717) is 12.4 Å². The SMILES string of the molecule is CN(C)c1ccccc1CN(C)c1cnc(C(=O)O)cn1. The first-order valence-corrected chi connectivity index (χ1v) is 6.50. The molecule has 1 aromatic heterocycles. The topological polar surface area (TPSA) is 69.6 Å². The smallest absolute Gasteiger partial charge is 0.356 e. The van der Waals surface area contributed by atoms with E-state index in [2.05, 4.69) is 27.0 Å². The molecule has 1 aromatic carbocycles. The zero-order valence-electron chi connectivity index (χ0n) is 12.3. The molecule has 0 saturated heterocycles. The second-order valence-corrected chi connectivity index (χ2v) is 4.94. The van der Waals surface area contributed by atoms with Crippen molar-refractivity contribution in [1.29, 1.82) is 0 Å². The first-order valence-electron chi connectivity index (χ1n) is 6.50. The average molecular weight is 286 g/mol. The molecule has 0 unspecified atom stereocenters. The maximum Gasteiger partial charge on any atom is 0.356 e. The van der Waals surface area contributed by atoms with Gasteiger partial charge in [0.1, 0.15) is 5.82 Å². The number of rotatable bonds is 5. The number of aromatic nitrogens is 2. The van der Waals surface area contributed by atoms with E-state index in [1.54, 1.807) is 0 Å². The van der Waals surface area contributed by atoms with Gasteiger partial charge in [-0.05, 0) is 11.6 Å². The summed E-state index contributed by atoms with van der Waals surface area (Å²) in [5, 5.41) is 8.83. The Hall–Kier alpha value is -2.63. The molecule has 21 heavy (non-hydrogen) atoms. The monoisotopic (exact) mass is 286 g/mol. The summed E-state index contributed by atoms with van der Waals surface area (Å²) in [7, 11) is 5.90. The van der Waals surface area contributed by atoms with Crippen molar-refractivity contribution >= 4 is 17.5 Å². The Morgan fingerprint density at radius 2 is 1.86 bits per heavy atom. The van der Waals surface area contributed by atoms with Crippen molar-refractivity contribution in [3.63, 3.8) is 0 Å². The number of benzene rings is 1. The van der Waals surface area contributed by atoms with E-state index in [-0.39, 0.29) is 5.69 Å². The number of carbonyl (C=O) groups is 1. The van der Waals surface area contributed by atoms with Crippen molar-refractivity contribution in [2.75, 3.05) is 30.9 Å². The molecular weight excluding hydrogens is 268 g/mol. The van der Waals surface area contributed by atoms with Crippen molar-refractivity contribution in [3.05, 3.63) is 47.9 Å². The van der Waals surface area contributed by atoms with Gasteiger partial charge in [0.05, 0.1) is 12.4 Å². The van der Waals surface area contributed by atoms with E-state index in [4.69, 9.17) is 5.11 Å². The molecule has 0 atom stereocenters. The predicted octanol–water partition coefficient (Wildman–Crippen LogP) is 1.88. The van der Waals surface area contributed by atoms with Gasteiger partial charge in [-0.3, -0.25) is 0 Å². The van der Waals surface area contributed by atoms with Crippen LogP contribution in [0.4, 0.5) is 11.5 Å². The first kappa shape index (κ1) is 14.8. The predicted molar refractivity (Wildman–Crippen MR) is 81.9 cm³/mol. The third-order valence-electron chi connectivity index (χ3n) is 3.13. The van der Waals surface area contributed by atoms with Crippen LogP contribution >= 0.6 is 0 Å². The largest absolute Gasteiger partial charge is 0.476 e. The number of hydrogen-bond donors (Lipinski definition) is 1. The van der Waals surface area contributed by atoms with Gasteiger partial charge in [0.15, 0.2) is 5.69 Å². The van der Waals surface area contributed by atoms with Crippen LogP contribution < -0.4 is 9.80 Å². The number of carboxylic acid groups (broad SMARTS) is 1. The maximum absolute atomic E-state index is 10.8. The Bertz CT molecular complexity index is 626. The molecule has 110 valence electrons. The van der Waals surface area contributed by atoms with Crippen molar-refractivity contribution in [2.45, 2.75) is 6.54 Å². The van der Waals surface area contributed by atoms with E-state index in [1.165, 1.54) is 12.4 Å². The number of para-hydroxylation sites is 1. The summed E-state index contributed by atoms with van der Waals surface area (Å²) in [6.45, 7) is 0.662. The average Bonchev–Trinajstić information content (AvgIpc) is 2.47. The van der Waals surface area contributed by atoms with Crippen molar-refractivity contribution in [1.82, 2.24) is 9.97 Å². The van der Waals surface area contributed by atoms with Crippen LogP contribution in [0.3, 0.4) is 0 Å². The molecule has 0 spiro atoms. The van der Waals surface area contributed by atoms with Crippen LogP contribution in [-0.2, 0) is 6.54 Å². The fourth-order valence-electron chi connectivity index (χ4n) is 2.05. The Morgan fingerprint density at radius 3 is 2.43 bits per heavy atom. The molecule has 1 heterocycles. The zero-order chi connectivity index (χ0) is 15.4. The minimum absolute atomic E-state index is 0.0548. The highest BCUT2D eigenvalue weighted by Crippen LogP contribution is 2.21. The molecule has 6 heteroatoms. The second kappa shape index (κ2) is 6.21. The van der Waals surface area contributed by atoms with Gasteiger partial charge in [-0.1, -0.05) is 18.2 Å². The lowest BCUT2D eigenvalue weighted by Gasteiger charge is -2.22. The lowest BCUT2D eigenvalue weighted by molar-refractivity contribution is 0.0690. The van der Waals surface area contributed by atoms with Crippen LogP contribution in [0.25, 0.3) is 0 Å². The number of aromatic carboxylic acids is 1. The molecular formula is C15H18N4O2. The quantitative estimate of drug-likeness (QED) is 0.905. The third kappa shape index (κ3) is 3.47. The standard InChI is InChI=1S/C15H18N4O2/c1-18(2)13-7-5-4-6-11(13)10-19(3)14-9-16-12(8-17-14)15(20)21/h4-9H,10H2,1-3H3,(H,20,21). The summed E-state index contributed by atoms with van der Waals surface area (Å²) in [6, 6.07) is 8.11. The van der Waals surface area contributed by atoms with Gasteiger partial charge < -0.3 is 14.9 Å². The van der Waals surface area contributed by atoms with Crippen molar-refractivity contribution in [2.24, 2.45) is 0 Å². The number of hydrogen-bond acceptors (Lipinski definition) is 5. The molecule has 0 saturated carbocycles. The van der Waals surface area contributed by atoms with Crippen LogP contribution in [0.1, 0.15) is 16.1 Å². The minimum Gasteiger partial charge on any atom is -0.476 e. The Morgan fingerprint density at radius 1 is 1.14 bits per heavy atom. The van der Waals surface area contributed by atoms with Crippen LogP contribution in [0.5, 0.6) is 0 Å². The Balaban J connectivity index is 2.18. The summed E-state index contributed by atoms with van der Waals surface area (Å²) in [5.74, 6) is -0.441. The van der Waals surface area contributed by atoms with Gasteiger partial charge >= 0.3 is 5.97 Å². The van der Waals surface area contributed by atoms with E-state index >= 15 is 0 Å². The molecule has 0 aliphatic carbocycles. The normalized spacial score (nSPS) is 10.2. The highest BCUT2D eigenvalue weighted by molar-refractivity contribution is 5.84. The fraction of sp³-hybridized carbons (Fsp3) is 0.267.